The van der Waals surface area contributed by atoms with Crippen molar-refractivity contribution >= 4 is 11.6 Å². The number of fused-ring (bicyclic) bond motifs is 1. The lowest BCUT2D eigenvalue weighted by Crippen LogP contribution is -2.17. The summed E-state index contributed by atoms with van der Waals surface area (Å²) in [6, 6.07) is 3.70. The van der Waals surface area contributed by atoms with Crippen molar-refractivity contribution in [1.82, 2.24) is 0 Å². The lowest BCUT2D eigenvalue weighted by atomic mass is 10.1. The van der Waals surface area contributed by atoms with Gasteiger partial charge in [0.1, 0.15) is 0 Å². The molecule has 98 valence electrons. The maximum atomic E-state index is 9.45. The minimum atomic E-state index is -0.415. The second kappa shape index (κ2) is 4.32. The van der Waals surface area contributed by atoms with Gasteiger partial charge in [-0.05, 0) is 37.8 Å². The van der Waals surface area contributed by atoms with Gasteiger partial charge in [0, 0.05) is 16.5 Å². The molecule has 0 bridgehead atoms. The van der Waals surface area contributed by atoms with Gasteiger partial charge in [-0.3, -0.25) is 0 Å². The van der Waals surface area contributed by atoms with Crippen molar-refractivity contribution in [3.63, 3.8) is 0 Å². The van der Waals surface area contributed by atoms with E-state index >= 15 is 0 Å². The number of ether oxygens (including phenoxy) is 2. The first-order valence-corrected chi connectivity index (χ1v) is 6.72. The molecule has 3 rings (SSSR count). The maximum absolute atomic E-state index is 9.45. The molecule has 3 nitrogen and oxygen atoms in total. The van der Waals surface area contributed by atoms with E-state index in [4.69, 9.17) is 21.1 Å². The van der Waals surface area contributed by atoms with Crippen LogP contribution in [0, 0.1) is 5.41 Å². The summed E-state index contributed by atoms with van der Waals surface area (Å²) in [6.07, 6.45) is 2.47. The molecule has 1 saturated carbocycles. The molecule has 1 unspecified atom stereocenters. The van der Waals surface area contributed by atoms with Crippen LogP contribution >= 0.6 is 11.6 Å². The number of halogens is 1. The zero-order valence-electron chi connectivity index (χ0n) is 10.4. The van der Waals surface area contributed by atoms with E-state index in [1.165, 1.54) is 12.8 Å². The number of hydrogen-bond acceptors (Lipinski definition) is 3. The number of aliphatic hydroxyl groups is 1. The summed E-state index contributed by atoms with van der Waals surface area (Å²) in [5, 5.41) is 10.1. The molecule has 4 heteroatoms. The normalized spacial score (nSPS) is 21.5. The van der Waals surface area contributed by atoms with Gasteiger partial charge in [-0.2, -0.15) is 0 Å². The van der Waals surface area contributed by atoms with Gasteiger partial charge in [0.15, 0.2) is 11.5 Å². The van der Waals surface area contributed by atoms with E-state index in [1.807, 2.05) is 6.07 Å². The Bertz CT molecular complexity index is 466. The Morgan fingerprint density at radius 3 is 2.44 bits per heavy atom. The highest BCUT2D eigenvalue weighted by molar-refractivity contribution is 6.31. The second-order valence-electron chi connectivity index (χ2n) is 5.52. The van der Waals surface area contributed by atoms with Crippen molar-refractivity contribution in [2.75, 3.05) is 13.2 Å². The summed E-state index contributed by atoms with van der Waals surface area (Å²) in [5.41, 5.74) is 1.14. The molecule has 0 amide bonds. The standard InChI is InChI=1S/C14H17ClO3/c1-9(16)4-10-5-12-13(6-11(10)15)18-8-14(2-3-14)7-17-12/h5-6,9,16H,2-4,7-8H2,1H3. The van der Waals surface area contributed by atoms with E-state index in [2.05, 4.69) is 0 Å². The first-order chi connectivity index (χ1) is 8.58. The molecule has 1 aromatic rings. The van der Waals surface area contributed by atoms with E-state index < -0.39 is 6.10 Å². The Hall–Kier alpha value is -0.930. The van der Waals surface area contributed by atoms with Crippen molar-refractivity contribution in [3.8, 4) is 11.5 Å². The highest BCUT2D eigenvalue weighted by Crippen LogP contribution is 2.49. The minimum Gasteiger partial charge on any atom is -0.489 e. The van der Waals surface area contributed by atoms with Gasteiger partial charge in [0.05, 0.1) is 19.3 Å². The van der Waals surface area contributed by atoms with Crippen LogP contribution in [0.2, 0.25) is 5.02 Å². The van der Waals surface area contributed by atoms with Gasteiger partial charge < -0.3 is 14.6 Å². The zero-order chi connectivity index (χ0) is 12.8. The van der Waals surface area contributed by atoms with E-state index in [9.17, 15) is 5.11 Å². The average molecular weight is 269 g/mol. The Morgan fingerprint density at radius 2 is 1.89 bits per heavy atom. The molecular formula is C14H17ClO3. The van der Waals surface area contributed by atoms with Crippen molar-refractivity contribution in [2.24, 2.45) is 5.41 Å². The maximum Gasteiger partial charge on any atom is 0.162 e. The number of aliphatic hydroxyl groups excluding tert-OH is 1. The SMILES string of the molecule is CC(O)Cc1cc2c(cc1Cl)OCC1(CC1)CO2. The van der Waals surface area contributed by atoms with Crippen LogP contribution in [0.5, 0.6) is 11.5 Å². The van der Waals surface area contributed by atoms with E-state index in [0.29, 0.717) is 18.1 Å². The number of rotatable bonds is 2. The number of benzene rings is 1. The summed E-state index contributed by atoms with van der Waals surface area (Å²) < 4.78 is 11.6. The van der Waals surface area contributed by atoms with Crippen LogP contribution < -0.4 is 9.47 Å². The van der Waals surface area contributed by atoms with Crippen LogP contribution in [0.15, 0.2) is 12.1 Å². The van der Waals surface area contributed by atoms with Gasteiger partial charge in [0.25, 0.3) is 0 Å². The largest absolute Gasteiger partial charge is 0.489 e. The van der Waals surface area contributed by atoms with Crippen molar-refractivity contribution in [2.45, 2.75) is 32.3 Å². The molecule has 1 fully saturated rings. The summed E-state index contributed by atoms with van der Waals surface area (Å²) in [6.45, 7) is 3.18. The summed E-state index contributed by atoms with van der Waals surface area (Å²) in [5.74, 6) is 1.47. The molecule has 1 aliphatic carbocycles. The fourth-order valence-corrected chi connectivity index (χ4v) is 2.48. The molecule has 1 N–H and O–H groups in total. The Labute approximate surface area is 112 Å². The molecule has 0 saturated heterocycles. The van der Waals surface area contributed by atoms with Gasteiger partial charge in [0.2, 0.25) is 0 Å². The minimum absolute atomic E-state index is 0.232. The van der Waals surface area contributed by atoms with E-state index in [0.717, 1.165) is 23.7 Å². The summed E-state index contributed by atoms with van der Waals surface area (Å²) >= 11 is 6.20. The summed E-state index contributed by atoms with van der Waals surface area (Å²) in [7, 11) is 0. The number of hydrogen-bond donors (Lipinski definition) is 1. The molecule has 1 aromatic carbocycles. The molecule has 18 heavy (non-hydrogen) atoms. The fourth-order valence-electron chi connectivity index (χ4n) is 2.25. The molecule has 1 heterocycles. The smallest absolute Gasteiger partial charge is 0.162 e. The summed E-state index contributed by atoms with van der Waals surface area (Å²) in [4.78, 5) is 0. The zero-order valence-corrected chi connectivity index (χ0v) is 11.2. The van der Waals surface area contributed by atoms with E-state index in [-0.39, 0.29) is 5.41 Å². The molecule has 2 aliphatic rings. The Balaban J connectivity index is 1.88. The monoisotopic (exact) mass is 268 g/mol. The first-order valence-electron chi connectivity index (χ1n) is 6.34. The van der Waals surface area contributed by atoms with Crippen LogP contribution in [-0.2, 0) is 6.42 Å². The molecule has 0 aromatic heterocycles. The van der Waals surface area contributed by atoms with Crippen LogP contribution in [0.1, 0.15) is 25.3 Å². The van der Waals surface area contributed by atoms with Crippen LogP contribution in [0.25, 0.3) is 0 Å². The topological polar surface area (TPSA) is 38.7 Å². The molecule has 1 aliphatic heterocycles. The van der Waals surface area contributed by atoms with Crippen LogP contribution in [0.4, 0.5) is 0 Å². The molecule has 1 spiro atoms. The first kappa shape index (κ1) is 12.1. The Morgan fingerprint density at radius 1 is 1.28 bits per heavy atom. The van der Waals surface area contributed by atoms with Crippen molar-refractivity contribution < 1.29 is 14.6 Å². The van der Waals surface area contributed by atoms with Crippen LogP contribution in [-0.4, -0.2) is 24.4 Å². The fraction of sp³-hybridized carbons (Fsp3) is 0.571. The molecular weight excluding hydrogens is 252 g/mol. The average Bonchev–Trinajstić information content (AvgIpc) is 3.09. The third kappa shape index (κ3) is 2.29. The van der Waals surface area contributed by atoms with Crippen molar-refractivity contribution in [3.05, 3.63) is 22.7 Å². The van der Waals surface area contributed by atoms with Crippen LogP contribution in [0.3, 0.4) is 0 Å². The highest BCUT2D eigenvalue weighted by Gasteiger charge is 2.46. The lowest BCUT2D eigenvalue weighted by molar-refractivity contribution is 0.194. The quantitative estimate of drug-likeness (QED) is 0.896. The molecule has 0 radical (unpaired) electrons. The van der Waals surface area contributed by atoms with Crippen molar-refractivity contribution in [1.29, 1.82) is 0 Å². The van der Waals surface area contributed by atoms with Gasteiger partial charge in [-0.25, -0.2) is 0 Å². The third-order valence-electron chi connectivity index (χ3n) is 3.65. The van der Waals surface area contributed by atoms with Gasteiger partial charge in [-0.1, -0.05) is 11.6 Å². The molecule has 1 atom stereocenters. The second-order valence-corrected chi connectivity index (χ2v) is 5.93. The predicted molar refractivity (Wildman–Crippen MR) is 69.5 cm³/mol. The van der Waals surface area contributed by atoms with Gasteiger partial charge >= 0.3 is 0 Å². The highest BCUT2D eigenvalue weighted by atomic mass is 35.5. The predicted octanol–water partition coefficient (Wildman–Crippen LogP) is 2.81. The van der Waals surface area contributed by atoms with E-state index in [1.54, 1.807) is 13.0 Å². The van der Waals surface area contributed by atoms with Gasteiger partial charge in [-0.15, -0.1) is 0 Å². The lowest BCUT2D eigenvalue weighted by Gasteiger charge is -2.12. The Kier molecular flexibility index (Phi) is 2.91. The third-order valence-corrected chi connectivity index (χ3v) is 4.00.